The molecule has 1 aliphatic heterocycles. The highest BCUT2D eigenvalue weighted by molar-refractivity contribution is 5.79. The number of hydrogen-bond donors (Lipinski definition) is 2. The number of aromatic amines is 1. The molecule has 5 nitrogen and oxygen atoms in total. The number of benzene rings is 1. The fraction of sp³-hybridized carbons (Fsp3) is 0.533. The largest absolute Gasteiger partial charge is 0.489 e. The number of rotatable bonds is 4. The van der Waals surface area contributed by atoms with Gasteiger partial charge in [0, 0.05) is 25.0 Å². The number of nitrogens with one attached hydrogen (secondary N) is 1. The van der Waals surface area contributed by atoms with Crippen LogP contribution in [0.15, 0.2) is 12.1 Å². The molecule has 1 unspecified atom stereocenters. The minimum absolute atomic E-state index is 0.473. The van der Waals surface area contributed by atoms with Crippen molar-refractivity contribution in [3.8, 4) is 11.5 Å². The van der Waals surface area contributed by atoms with Crippen LogP contribution in [0.4, 0.5) is 0 Å². The molecular formula is C15H21N3O2. The molecule has 3 rings (SSSR count). The standard InChI is InChI=1S/C15H21N3O2/c1-2-10(9-16)6-15-17-11-7-13-14(8-12(11)18-15)20-5-3-4-19-13/h7-8,10H,2-6,9,16H2,1H3,(H,17,18). The number of H-pyrrole nitrogens is 1. The maximum Gasteiger partial charge on any atom is 0.163 e. The van der Waals surface area contributed by atoms with Gasteiger partial charge in [0.1, 0.15) is 5.82 Å². The van der Waals surface area contributed by atoms with Crippen LogP contribution in [-0.2, 0) is 6.42 Å². The number of nitrogens with two attached hydrogens (primary N) is 1. The maximum atomic E-state index is 5.76. The molecule has 1 atom stereocenters. The monoisotopic (exact) mass is 275 g/mol. The lowest BCUT2D eigenvalue weighted by molar-refractivity contribution is 0.297. The Hall–Kier alpha value is -1.75. The molecule has 108 valence electrons. The fourth-order valence-electron chi connectivity index (χ4n) is 2.48. The summed E-state index contributed by atoms with van der Waals surface area (Å²) in [4.78, 5) is 8.00. The summed E-state index contributed by atoms with van der Waals surface area (Å²) in [7, 11) is 0. The van der Waals surface area contributed by atoms with Gasteiger partial charge in [0.05, 0.1) is 24.2 Å². The summed E-state index contributed by atoms with van der Waals surface area (Å²) in [5.41, 5.74) is 7.68. The molecule has 1 aliphatic rings. The second kappa shape index (κ2) is 5.71. The van der Waals surface area contributed by atoms with Gasteiger partial charge in [-0.1, -0.05) is 13.3 Å². The zero-order valence-corrected chi connectivity index (χ0v) is 11.8. The first kappa shape index (κ1) is 13.2. The van der Waals surface area contributed by atoms with Crippen LogP contribution in [0.1, 0.15) is 25.6 Å². The third-order valence-corrected chi connectivity index (χ3v) is 3.79. The van der Waals surface area contributed by atoms with Crippen LogP contribution >= 0.6 is 0 Å². The Morgan fingerprint density at radius 2 is 2.05 bits per heavy atom. The Kier molecular flexibility index (Phi) is 3.78. The topological polar surface area (TPSA) is 73.2 Å². The van der Waals surface area contributed by atoms with E-state index in [0.717, 1.165) is 47.6 Å². The Morgan fingerprint density at radius 1 is 1.30 bits per heavy atom. The highest BCUT2D eigenvalue weighted by Gasteiger charge is 2.15. The summed E-state index contributed by atoms with van der Waals surface area (Å²) < 4.78 is 11.4. The van der Waals surface area contributed by atoms with E-state index in [9.17, 15) is 0 Å². The van der Waals surface area contributed by atoms with Gasteiger partial charge in [-0.25, -0.2) is 4.98 Å². The van der Waals surface area contributed by atoms with Gasteiger partial charge in [0.2, 0.25) is 0 Å². The molecule has 5 heteroatoms. The van der Waals surface area contributed by atoms with Gasteiger partial charge in [-0.15, -0.1) is 0 Å². The SMILES string of the molecule is CCC(CN)Cc1nc2cc3c(cc2[nH]1)OCCCO3. The van der Waals surface area contributed by atoms with Crippen LogP contribution in [0.25, 0.3) is 11.0 Å². The molecule has 0 spiro atoms. The van der Waals surface area contributed by atoms with E-state index >= 15 is 0 Å². The minimum Gasteiger partial charge on any atom is -0.489 e. The molecule has 3 N–H and O–H groups in total. The summed E-state index contributed by atoms with van der Waals surface area (Å²) in [5, 5.41) is 0. The fourth-order valence-corrected chi connectivity index (χ4v) is 2.48. The predicted octanol–water partition coefficient (Wildman–Crippen LogP) is 2.25. The quantitative estimate of drug-likeness (QED) is 0.897. The second-order valence-corrected chi connectivity index (χ2v) is 5.26. The van der Waals surface area contributed by atoms with E-state index in [1.807, 2.05) is 12.1 Å². The molecule has 20 heavy (non-hydrogen) atoms. The van der Waals surface area contributed by atoms with Crippen LogP contribution < -0.4 is 15.2 Å². The molecular weight excluding hydrogens is 254 g/mol. The summed E-state index contributed by atoms with van der Waals surface area (Å²) in [6.45, 7) is 4.24. The number of nitrogens with zero attached hydrogens (tertiary/aromatic N) is 1. The highest BCUT2D eigenvalue weighted by Crippen LogP contribution is 2.33. The predicted molar refractivity (Wildman–Crippen MR) is 78.2 cm³/mol. The molecule has 0 aliphatic carbocycles. The van der Waals surface area contributed by atoms with E-state index in [4.69, 9.17) is 15.2 Å². The normalized spacial score (nSPS) is 16.1. The van der Waals surface area contributed by atoms with Gasteiger partial charge < -0.3 is 20.2 Å². The third kappa shape index (κ3) is 2.58. The Morgan fingerprint density at radius 3 is 2.75 bits per heavy atom. The lowest BCUT2D eigenvalue weighted by Gasteiger charge is -2.08. The van der Waals surface area contributed by atoms with Gasteiger partial charge in [0.15, 0.2) is 11.5 Å². The van der Waals surface area contributed by atoms with Crippen molar-refractivity contribution in [1.82, 2.24) is 9.97 Å². The molecule has 0 saturated carbocycles. The van der Waals surface area contributed by atoms with Crippen molar-refractivity contribution in [3.05, 3.63) is 18.0 Å². The molecule has 2 aromatic rings. The van der Waals surface area contributed by atoms with E-state index in [0.29, 0.717) is 25.7 Å². The molecule has 1 aromatic carbocycles. The summed E-state index contributed by atoms with van der Waals surface area (Å²) in [6, 6.07) is 3.94. The van der Waals surface area contributed by atoms with Crippen molar-refractivity contribution < 1.29 is 9.47 Å². The first-order valence-electron chi connectivity index (χ1n) is 7.28. The molecule has 1 aromatic heterocycles. The first-order chi connectivity index (χ1) is 9.80. The third-order valence-electron chi connectivity index (χ3n) is 3.79. The number of aromatic nitrogens is 2. The van der Waals surface area contributed by atoms with Gasteiger partial charge >= 0.3 is 0 Å². The summed E-state index contributed by atoms with van der Waals surface area (Å²) >= 11 is 0. The smallest absolute Gasteiger partial charge is 0.163 e. The lowest BCUT2D eigenvalue weighted by atomic mass is 10.0. The number of fused-ring (bicyclic) bond motifs is 2. The molecule has 0 fully saturated rings. The van der Waals surface area contributed by atoms with Gasteiger partial charge in [0.25, 0.3) is 0 Å². The van der Waals surface area contributed by atoms with E-state index in [2.05, 4.69) is 16.9 Å². The maximum absolute atomic E-state index is 5.76. The minimum atomic E-state index is 0.473. The van der Waals surface area contributed by atoms with Crippen LogP contribution in [0.3, 0.4) is 0 Å². The van der Waals surface area contributed by atoms with Crippen LogP contribution in [0, 0.1) is 5.92 Å². The van der Waals surface area contributed by atoms with Crippen molar-refractivity contribution in [2.24, 2.45) is 11.7 Å². The van der Waals surface area contributed by atoms with E-state index < -0.39 is 0 Å². The zero-order chi connectivity index (χ0) is 13.9. The van der Waals surface area contributed by atoms with Gasteiger partial charge in [-0.3, -0.25) is 0 Å². The lowest BCUT2D eigenvalue weighted by Crippen LogP contribution is -2.16. The second-order valence-electron chi connectivity index (χ2n) is 5.26. The Bertz CT molecular complexity index is 547. The van der Waals surface area contributed by atoms with Crippen molar-refractivity contribution in [2.45, 2.75) is 26.2 Å². The van der Waals surface area contributed by atoms with E-state index in [1.54, 1.807) is 0 Å². The molecule has 2 heterocycles. The van der Waals surface area contributed by atoms with E-state index in [1.165, 1.54) is 0 Å². The Labute approximate surface area is 118 Å². The average Bonchev–Trinajstić information content (AvgIpc) is 2.70. The average molecular weight is 275 g/mol. The van der Waals surface area contributed by atoms with Gasteiger partial charge in [-0.2, -0.15) is 0 Å². The summed E-state index contributed by atoms with van der Waals surface area (Å²) in [5.74, 6) is 3.05. The zero-order valence-electron chi connectivity index (χ0n) is 11.8. The molecule has 0 amide bonds. The van der Waals surface area contributed by atoms with Crippen molar-refractivity contribution in [1.29, 1.82) is 0 Å². The summed E-state index contributed by atoms with van der Waals surface area (Å²) in [6.07, 6.45) is 2.86. The molecule has 0 saturated heterocycles. The van der Waals surface area contributed by atoms with Crippen LogP contribution in [0.2, 0.25) is 0 Å². The van der Waals surface area contributed by atoms with Crippen LogP contribution in [-0.4, -0.2) is 29.7 Å². The van der Waals surface area contributed by atoms with Crippen molar-refractivity contribution >= 4 is 11.0 Å². The molecule has 0 radical (unpaired) electrons. The number of imidazole rings is 1. The van der Waals surface area contributed by atoms with Crippen molar-refractivity contribution in [2.75, 3.05) is 19.8 Å². The molecule has 0 bridgehead atoms. The first-order valence-corrected chi connectivity index (χ1v) is 7.28. The number of hydrogen-bond acceptors (Lipinski definition) is 4. The number of ether oxygens (including phenoxy) is 2. The Balaban J connectivity index is 1.91. The highest BCUT2D eigenvalue weighted by atomic mass is 16.5. The van der Waals surface area contributed by atoms with Crippen molar-refractivity contribution in [3.63, 3.8) is 0 Å². The van der Waals surface area contributed by atoms with Crippen LogP contribution in [0.5, 0.6) is 11.5 Å². The van der Waals surface area contributed by atoms with E-state index in [-0.39, 0.29) is 0 Å². The van der Waals surface area contributed by atoms with Gasteiger partial charge in [-0.05, 0) is 12.5 Å².